The summed E-state index contributed by atoms with van der Waals surface area (Å²) in [7, 11) is -1.03. The van der Waals surface area contributed by atoms with E-state index < -0.39 is 8.07 Å². The van der Waals surface area contributed by atoms with Crippen molar-refractivity contribution >= 4 is 13.3 Å². The third-order valence-corrected chi connectivity index (χ3v) is 4.02. The molecular weight excluding hydrogens is 143 g/mol. The van der Waals surface area contributed by atoms with Crippen LogP contribution in [0.15, 0.2) is 18.2 Å². The maximum atomic E-state index is 2.38. The molecular formula is C9H15LiSi. The molecule has 0 fully saturated rings. The van der Waals surface area contributed by atoms with Gasteiger partial charge in [-0.1, -0.05) is 26.6 Å². The summed E-state index contributed by atoms with van der Waals surface area (Å²) < 4.78 is 0. The summed E-state index contributed by atoms with van der Waals surface area (Å²) >= 11 is 0. The number of hydrogen-bond acceptors (Lipinski definition) is 0. The molecule has 56 valence electrons. The van der Waals surface area contributed by atoms with E-state index in [4.69, 9.17) is 0 Å². The van der Waals surface area contributed by atoms with Crippen LogP contribution in [0.5, 0.6) is 0 Å². The van der Waals surface area contributed by atoms with E-state index in [0.717, 1.165) is 0 Å². The van der Waals surface area contributed by atoms with Crippen LogP contribution < -0.4 is 24.0 Å². The first-order chi connectivity index (χ1) is 4.52. The molecule has 0 aliphatic rings. The van der Waals surface area contributed by atoms with Crippen molar-refractivity contribution in [1.29, 1.82) is 0 Å². The Labute approximate surface area is 82.6 Å². The zero-order valence-corrected chi connectivity index (χ0v) is 9.23. The molecule has 0 aliphatic heterocycles. The van der Waals surface area contributed by atoms with Gasteiger partial charge in [0.25, 0.3) is 0 Å². The summed E-state index contributed by atoms with van der Waals surface area (Å²) in [6.45, 7) is 9.35. The summed E-state index contributed by atoms with van der Waals surface area (Å²) in [4.78, 5) is 0. The van der Waals surface area contributed by atoms with E-state index in [1.54, 1.807) is 5.19 Å². The van der Waals surface area contributed by atoms with Crippen molar-refractivity contribution in [3.63, 3.8) is 0 Å². The van der Waals surface area contributed by atoms with Gasteiger partial charge in [0.1, 0.15) is 0 Å². The number of hydrogen-bond donors (Lipinski definition) is 0. The van der Waals surface area contributed by atoms with Crippen LogP contribution in [0.3, 0.4) is 0 Å². The molecule has 0 aliphatic carbocycles. The molecule has 0 radical (unpaired) electrons. The van der Waals surface area contributed by atoms with Gasteiger partial charge in [0.05, 0.1) is 8.07 Å². The van der Waals surface area contributed by atoms with Gasteiger partial charge < -0.3 is 0 Å². The molecule has 0 nitrogen and oxygen atoms in total. The molecule has 0 aromatic heterocycles. The third kappa shape index (κ3) is 2.59. The molecule has 0 atom stereocenters. The van der Waals surface area contributed by atoms with Crippen LogP contribution >= 0.6 is 0 Å². The van der Waals surface area contributed by atoms with Crippen LogP contribution in [-0.2, 0) is 0 Å². The second-order valence-electron chi connectivity index (χ2n) is 3.87. The van der Waals surface area contributed by atoms with Crippen molar-refractivity contribution in [1.82, 2.24) is 0 Å². The molecule has 0 heterocycles. The van der Waals surface area contributed by atoms with Crippen molar-refractivity contribution in [3.05, 3.63) is 23.8 Å². The van der Waals surface area contributed by atoms with Gasteiger partial charge in [0.15, 0.2) is 0 Å². The zero-order valence-electron chi connectivity index (χ0n) is 8.23. The first kappa shape index (κ1) is 11.2. The average molecular weight is 158 g/mol. The van der Waals surface area contributed by atoms with E-state index >= 15 is 0 Å². The monoisotopic (exact) mass is 158 g/mol. The Morgan fingerprint density at radius 2 is 1.82 bits per heavy atom. The molecule has 2 heteroatoms. The maximum absolute atomic E-state index is 2.38. The predicted octanol–water partition coefficient (Wildman–Crippen LogP) is -0.737. The van der Waals surface area contributed by atoms with E-state index in [9.17, 15) is 0 Å². The van der Waals surface area contributed by atoms with Gasteiger partial charge in [-0.05, 0) is 0 Å². The van der Waals surface area contributed by atoms with Crippen LogP contribution in [0.1, 0.15) is 5.56 Å². The van der Waals surface area contributed by atoms with E-state index in [0.29, 0.717) is 0 Å². The molecule has 0 saturated carbocycles. The normalized spacial score (nSPS) is 10.9. The van der Waals surface area contributed by atoms with Crippen LogP contribution in [0.4, 0.5) is 0 Å². The Balaban J connectivity index is 0.000001000. The molecule has 0 spiro atoms. The fraction of sp³-hybridized carbons (Fsp3) is 0.444. The first-order valence-electron chi connectivity index (χ1n) is 3.74. The SMILES string of the molecule is C[c-]1cccc1[Si](C)(C)C.[Li+]. The number of aryl methyl sites for hydroxylation is 1. The Morgan fingerprint density at radius 3 is 2.00 bits per heavy atom. The van der Waals surface area contributed by atoms with Crippen molar-refractivity contribution in [2.24, 2.45) is 0 Å². The van der Waals surface area contributed by atoms with Gasteiger partial charge in [-0.3, -0.25) is 0 Å². The van der Waals surface area contributed by atoms with Crippen LogP contribution in [0.25, 0.3) is 0 Å². The maximum Gasteiger partial charge on any atom is 1.00 e. The number of rotatable bonds is 1. The fourth-order valence-corrected chi connectivity index (χ4v) is 3.21. The summed E-state index contributed by atoms with van der Waals surface area (Å²) in [6.07, 6.45) is 0. The van der Waals surface area contributed by atoms with E-state index in [1.807, 2.05) is 0 Å². The van der Waals surface area contributed by atoms with Gasteiger partial charge in [-0.15, -0.1) is 0 Å². The van der Waals surface area contributed by atoms with Gasteiger partial charge in [-0.25, -0.2) is 12.1 Å². The quantitative estimate of drug-likeness (QED) is 0.373. The van der Waals surface area contributed by atoms with Crippen molar-refractivity contribution in [2.45, 2.75) is 26.6 Å². The summed E-state index contributed by atoms with van der Waals surface area (Å²) in [5.74, 6) is 0. The molecule has 11 heavy (non-hydrogen) atoms. The van der Waals surface area contributed by atoms with E-state index in [-0.39, 0.29) is 18.9 Å². The fourth-order valence-electron chi connectivity index (χ4n) is 1.35. The summed E-state index contributed by atoms with van der Waals surface area (Å²) in [5, 5.41) is 1.60. The molecule has 0 amide bonds. The van der Waals surface area contributed by atoms with Crippen molar-refractivity contribution in [2.75, 3.05) is 0 Å². The van der Waals surface area contributed by atoms with Gasteiger partial charge in [0, 0.05) is 0 Å². The molecule has 0 N–H and O–H groups in total. The smallest absolute Gasteiger partial charge is 0.214 e. The van der Waals surface area contributed by atoms with Crippen LogP contribution in [0.2, 0.25) is 19.6 Å². The molecule has 0 saturated heterocycles. The standard InChI is InChI=1S/C9H15Si.Li/c1-8-6-5-7-9(8)10(2,3)4;/h5-7H,1-4H3;/q-1;+1. The third-order valence-electron chi connectivity index (χ3n) is 1.84. The topological polar surface area (TPSA) is 0 Å². The minimum absolute atomic E-state index is 0. The molecule has 0 unspecified atom stereocenters. The first-order valence-corrected chi connectivity index (χ1v) is 7.24. The Kier molecular flexibility index (Phi) is 3.77. The largest absolute Gasteiger partial charge is 1.00 e. The molecule has 0 bridgehead atoms. The molecule has 1 aromatic carbocycles. The predicted molar refractivity (Wildman–Crippen MR) is 49.8 cm³/mol. The van der Waals surface area contributed by atoms with Gasteiger partial charge >= 0.3 is 18.9 Å². The van der Waals surface area contributed by atoms with Crippen LogP contribution in [-0.4, -0.2) is 8.07 Å². The minimum atomic E-state index is -1.03. The van der Waals surface area contributed by atoms with Crippen molar-refractivity contribution in [3.8, 4) is 0 Å². The Morgan fingerprint density at radius 1 is 1.27 bits per heavy atom. The summed E-state index contributed by atoms with van der Waals surface area (Å²) in [6, 6.07) is 6.62. The minimum Gasteiger partial charge on any atom is -0.214 e. The zero-order chi connectivity index (χ0) is 7.78. The summed E-state index contributed by atoms with van der Waals surface area (Å²) in [5.41, 5.74) is 1.47. The average Bonchev–Trinajstić information content (AvgIpc) is 2.11. The molecule has 1 aromatic rings. The second kappa shape index (κ2) is 3.71. The molecule has 1 rings (SSSR count). The van der Waals surface area contributed by atoms with Crippen LogP contribution in [0, 0.1) is 6.92 Å². The second-order valence-corrected chi connectivity index (χ2v) is 8.91. The Hall–Kier alpha value is 0.164. The van der Waals surface area contributed by atoms with Gasteiger partial charge in [-0.2, -0.15) is 16.8 Å². The Bertz CT molecular complexity index is 220. The van der Waals surface area contributed by atoms with E-state index in [1.165, 1.54) is 5.56 Å². The van der Waals surface area contributed by atoms with Gasteiger partial charge in [0.2, 0.25) is 0 Å². The van der Waals surface area contributed by atoms with E-state index in [2.05, 4.69) is 44.8 Å². The van der Waals surface area contributed by atoms with Crippen molar-refractivity contribution < 1.29 is 18.9 Å².